The van der Waals surface area contributed by atoms with Crippen LogP contribution < -0.4 is 69.3 Å². The number of carboxylic acid groups (broad SMARTS) is 2. The van der Waals surface area contributed by atoms with Crippen LogP contribution in [0.25, 0.3) is 0 Å². The van der Waals surface area contributed by atoms with Crippen LogP contribution in [0.15, 0.2) is 22.9 Å². The SMILES string of the molecule is O=C[O-].O=C[O-].[Na+].[Na+].c1ccsc1. The van der Waals surface area contributed by atoms with E-state index in [-0.39, 0.29) is 59.1 Å². The van der Waals surface area contributed by atoms with Crippen molar-refractivity contribution in [2.45, 2.75) is 0 Å². The average molecular weight is 220 g/mol. The van der Waals surface area contributed by atoms with Gasteiger partial charge >= 0.3 is 59.1 Å². The van der Waals surface area contributed by atoms with Gasteiger partial charge in [-0.2, -0.15) is 11.3 Å². The van der Waals surface area contributed by atoms with Crippen LogP contribution in [0.2, 0.25) is 0 Å². The summed E-state index contributed by atoms with van der Waals surface area (Å²) >= 11 is 1.71. The monoisotopic (exact) mass is 220 g/mol. The maximum absolute atomic E-state index is 8.25. The molecule has 0 atom stereocenters. The molecule has 0 amide bonds. The molecule has 0 unspecified atom stereocenters. The Labute approximate surface area is 125 Å². The van der Waals surface area contributed by atoms with E-state index in [1.807, 2.05) is 22.9 Å². The first-order chi connectivity index (χ1) is 5.33. The van der Waals surface area contributed by atoms with Crippen LogP contribution in [0.3, 0.4) is 0 Å². The molecule has 0 aliphatic heterocycles. The van der Waals surface area contributed by atoms with E-state index in [1.54, 1.807) is 11.3 Å². The van der Waals surface area contributed by atoms with Crippen molar-refractivity contribution in [1.29, 1.82) is 0 Å². The summed E-state index contributed by atoms with van der Waals surface area (Å²) in [7, 11) is 0. The fourth-order valence-corrected chi connectivity index (χ4v) is 0.680. The summed E-state index contributed by atoms with van der Waals surface area (Å²) < 4.78 is 0. The van der Waals surface area contributed by atoms with Crippen molar-refractivity contribution in [2.75, 3.05) is 0 Å². The minimum Gasteiger partial charge on any atom is -0.554 e. The first-order valence-electron chi connectivity index (χ1n) is 2.41. The van der Waals surface area contributed by atoms with Gasteiger partial charge < -0.3 is 19.8 Å². The van der Waals surface area contributed by atoms with Crippen LogP contribution in [-0.4, -0.2) is 12.9 Å². The third kappa shape index (κ3) is 45.0. The molecule has 0 aromatic carbocycles. The van der Waals surface area contributed by atoms with Gasteiger partial charge in [-0.15, -0.1) is 0 Å². The number of hydrogen-bond donors (Lipinski definition) is 0. The van der Waals surface area contributed by atoms with Crippen molar-refractivity contribution in [3.63, 3.8) is 0 Å². The van der Waals surface area contributed by atoms with Crippen molar-refractivity contribution in [2.24, 2.45) is 0 Å². The van der Waals surface area contributed by atoms with E-state index < -0.39 is 12.9 Å². The molecule has 0 N–H and O–H groups in total. The molecule has 1 aromatic heterocycles. The van der Waals surface area contributed by atoms with Gasteiger partial charge in [-0.1, -0.05) is 12.1 Å². The van der Waals surface area contributed by atoms with Gasteiger partial charge in [0.25, 0.3) is 0 Å². The Balaban J connectivity index is -0.0000000461. The standard InChI is InChI=1S/C4H4S.2CH2O2.2Na/c1-2-4-5-3-1;2*2-1-3;;/h1-4H;2*1H,(H,2,3);;/q;;;2*+1/p-2. The second-order valence-electron chi connectivity index (χ2n) is 0.986. The minimum atomic E-state index is -0.500. The minimum absolute atomic E-state index is 0. The fourth-order valence-electron chi connectivity index (χ4n) is 0.227. The predicted molar refractivity (Wildman–Crippen MR) is 36.4 cm³/mol. The second-order valence-corrected chi connectivity index (χ2v) is 1.80. The summed E-state index contributed by atoms with van der Waals surface area (Å²) in [5.74, 6) is 0. The molecule has 1 rings (SSSR count). The number of rotatable bonds is 0. The third-order valence-corrected chi connectivity index (χ3v) is 1.05. The molecular weight excluding hydrogens is 214 g/mol. The molecule has 0 radical (unpaired) electrons. The Kier molecular flexibility index (Phi) is 52.9. The first kappa shape index (κ1) is 23.5. The summed E-state index contributed by atoms with van der Waals surface area (Å²) in [4.78, 5) is 16.5. The van der Waals surface area contributed by atoms with Crippen LogP contribution >= 0.6 is 11.3 Å². The van der Waals surface area contributed by atoms with Crippen LogP contribution in [-0.2, 0) is 9.59 Å². The van der Waals surface area contributed by atoms with Crippen LogP contribution in [0.5, 0.6) is 0 Å². The number of thiophene rings is 1. The largest absolute Gasteiger partial charge is 1.00 e. The molecule has 0 spiro atoms. The van der Waals surface area contributed by atoms with Crippen molar-refractivity contribution >= 4 is 24.3 Å². The Morgan fingerprint density at radius 3 is 1.23 bits per heavy atom. The van der Waals surface area contributed by atoms with E-state index in [2.05, 4.69) is 0 Å². The first-order valence-corrected chi connectivity index (χ1v) is 3.36. The zero-order valence-electron chi connectivity index (χ0n) is 7.51. The molecular formula is C6H6Na2O4S. The maximum atomic E-state index is 8.25. The molecule has 0 saturated carbocycles. The van der Waals surface area contributed by atoms with E-state index in [1.165, 1.54) is 0 Å². The zero-order valence-corrected chi connectivity index (χ0v) is 12.3. The molecule has 0 saturated heterocycles. The molecule has 13 heavy (non-hydrogen) atoms. The Hall–Kier alpha value is 0.640. The third-order valence-electron chi connectivity index (χ3n) is 0.425. The Morgan fingerprint density at radius 2 is 1.15 bits per heavy atom. The van der Waals surface area contributed by atoms with Crippen molar-refractivity contribution in [3.05, 3.63) is 22.9 Å². The van der Waals surface area contributed by atoms with E-state index in [4.69, 9.17) is 19.8 Å². The molecule has 0 aliphatic carbocycles. The molecule has 0 aliphatic rings. The van der Waals surface area contributed by atoms with Gasteiger partial charge in [-0.3, -0.25) is 0 Å². The summed E-state index contributed by atoms with van der Waals surface area (Å²) in [5, 5.41) is 20.6. The van der Waals surface area contributed by atoms with Crippen LogP contribution in [0, 0.1) is 0 Å². The summed E-state index contributed by atoms with van der Waals surface area (Å²) in [5.41, 5.74) is 0. The normalized spacial score (nSPS) is 4.92. The van der Waals surface area contributed by atoms with Gasteiger partial charge in [-0.05, 0) is 10.8 Å². The van der Waals surface area contributed by atoms with E-state index in [0.717, 1.165) is 0 Å². The molecule has 4 nitrogen and oxygen atoms in total. The summed E-state index contributed by atoms with van der Waals surface area (Å²) in [6, 6.07) is 4.04. The summed E-state index contributed by atoms with van der Waals surface area (Å²) in [6.07, 6.45) is 0. The number of carbonyl (C=O) groups is 2. The molecule has 7 heteroatoms. The molecule has 1 aromatic rings. The van der Waals surface area contributed by atoms with Gasteiger partial charge in [0.2, 0.25) is 0 Å². The Bertz CT molecular complexity index is 134. The van der Waals surface area contributed by atoms with Gasteiger partial charge in [0.15, 0.2) is 0 Å². The Morgan fingerprint density at radius 1 is 0.923 bits per heavy atom. The van der Waals surface area contributed by atoms with Gasteiger partial charge in [0, 0.05) is 12.9 Å². The fraction of sp³-hybridized carbons (Fsp3) is 0. The van der Waals surface area contributed by atoms with E-state index in [0.29, 0.717) is 0 Å². The quantitative estimate of drug-likeness (QED) is 0.321. The van der Waals surface area contributed by atoms with Crippen LogP contribution in [0.1, 0.15) is 0 Å². The van der Waals surface area contributed by atoms with Crippen molar-refractivity contribution < 1.29 is 78.9 Å². The number of carbonyl (C=O) groups excluding carboxylic acids is 2. The van der Waals surface area contributed by atoms with Crippen molar-refractivity contribution in [3.8, 4) is 0 Å². The number of hydrogen-bond acceptors (Lipinski definition) is 5. The maximum Gasteiger partial charge on any atom is 1.00 e. The smallest absolute Gasteiger partial charge is 0.554 e. The van der Waals surface area contributed by atoms with E-state index >= 15 is 0 Å². The second kappa shape index (κ2) is 29.3. The predicted octanol–water partition coefficient (Wildman–Crippen LogP) is -7.51. The zero-order chi connectivity index (χ0) is 8.95. The molecule has 0 bridgehead atoms. The van der Waals surface area contributed by atoms with Gasteiger partial charge in [0.05, 0.1) is 0 Å². The van der Waals surface area contributed by atoms with Gasteiger partial charge in [-0.25, -0.2) is 0 Å². The molecule has 62 valence electrons. The molecule has 1 heterocycles. The van der Waals surface area contributed by atoms with Gasteiger partial charge in [0.1, 0.15) is 0 Å². The van der Waals surface area contributed by atoms with Crippen molar-refractivity contribution in [1.82, 2.24) is 0 Å². The summed E-state index contributed by atoms with van der Waals surface area (Å²) in [6.45, 7) is -1.00. The average Bonchev–Trinajstić information content (AvgIpc) is 2.44. The van der Waals surface area contributed by atoms with E-state index in [9.17, 15) is 0 Å². The molecule has 0 fully saturated rings. The van der Waals surface area contributed by atoms with Crippen LogP contribution in [0.4, 0.5) is 0 Å². The topological polar surface area (TPSA) is 80.3 Å².